The van der Waals surface area contributed by atoms with Crippen molar-refractivity contribution in [2.24, 2.45) is 7.05 Å². The summed E-state index contributed by atoms with van der Waals surface area (Å²) in [7, 11) is 2.22. The molecule has 1 atom stereocenters. The molecule has 2 heterocycles. The van der Waals surface area contributed by atoms with Gasteiger partial charge in [-0.05, 0) is 50.9 Å². The highest BCUT2D eigenvalue weighted by Gasteiger charge is 2.22. The number of fused-ring (bicyclic) bond motifs is 1. The molecule has 96 valence electrons. The number of aromatic nitrogens is 1. The van der Waals surface area contributed by atoms with E-state index >= 15 is 0 Å². The highest BCUT2D eigenvalue weighted by molar-refractivity contribution is 5.86. The summed E-state index contributed by atoms with van der Waals surface area (Å²) in [5.74, 6) is 0.677. The lowest BCUT2D eigenvalue weighted by molar-refractivity contribution is 0.447. The summed E-state index contributed by atoms with van der Waals surface area (Å²) >= 11 is 0. The average Bonchev–Trinajstić information content (AvgIpc) is 2.63. The summed E-state index contributed by atoms with van der Waals surface area (Å²) in [6.07, 6.45) is 2.61. The third kappa shape index (κ3) is 1.76. The van der Waals surface area contributed by atoms with Gasteiger partial charge in [0.15, 0.2) is 0 Å². The van der Waals surface area contributed by atoms with Crippen LogP contribution < -0.4 is 5.32 Å². The fourth-order valence-electron chi connectivity index (χ4n) is 3.43. The molecule has 0 amide bonds. The largest absolute Gasteiger partial charge is 0.347 e. The second-order valence-corrected chi connectivity index (χ2v) is 5.63. The Bertz CT molecular complexity index is 574. The monoisotopic (exact) mass is 242 g/mol. The van der Waals surface area contributed by atoms with Gasteiger partial charge in [0.05, 0.1) is 0 Å². The number of nitrogens with zero attached hydrogens (tertiary/aromatic N) is 1. The fraction of sp³-hybridized carbons (Fsp3) is 0.500. The molecule has 1 aliphatic rings. The summed E-state index contributed by atoms with van der Waals surface area (Å²) in [4.78, 5) is 0. The van der Waals surface area contributed by atoms with E-state index in [0.717, 1.165) is 6.54 Å². The molecular weight excluding hydrogens is 220 g/mol. The maximum atomic E-state index is 3.53. The molecule has 1 fully saturated rings. The lowest BCUT2D eigenvalue weighted by Gasteiger charge is -2.24. The number of hydrogen-bond acceptors (Lipinski definition) is 1. The zero-order valence-electron chi connectivity index (χ0n) is 11.6. The first-order valence-electron chi connectivity index (χ1n) is 6.94. The minimum Gasteiger partial charge on any atom is -0.347 e. The van der Waals surface area contributed by atoms with Gasteiger partial charge in [-0.1, -0.05) is 11.6 Å². The van der Waals surface area contributed by atoms with E-state index in [0.29, 0.717) is 5.92 Å². The SMILES string of the molecule is Cc1ccc2c(c1)c(C)c(C1CCCNC1)n2C. The van der Waals surface area contributed by atoms with E-state index < -0.39 is 0 Å². The standard InChI is InChI=1S/C16H22N2/c1-11-6-7-15-14(9-11)12(2)16(18(15)3)13-5-4-8-17-10-13/h6-7,9,13,17H,4-5,8,10H2,1-3H3. The van der Waals surface area contributed by atoms with Crippen molar-refractivity contribution in [2.45, 2.75) is 32.6 Å². The normalized spacial score (nSPS) is 20.5. The van der Waals surface area contributed by atoms with Gasteiger partial charge in [0, 0.05) is 36.1 Å². The first kappa shape index (κ1) is 11.8. The molecule has 1 aliphatic heterocycles. The second kappa shape index (κ2) is 4.43. The van der Waals surface area contributed by atoms with Crippen molar-refractivity contribution in [2.75, 3.05) is 13.1 Å². The van der Waals surface area contributed by atoms with Crippen LogP contribution in [0.1, 0.15) is 35.6 Å². The Kier molecular flexibility index (Phi) is 2.90. The molecule has 1 N–H and O–H groups in total. The van der Waals surface area contributed by atoms with Gasteiger partial charge in [-0.2, -0.15) is 0 Å². The van der Waals surface area contributed by atoms with Crippen LogP contribution in [0.15, 0.2) is 18.2 Å². The molecule has 0 aliphatic carbocycles. The Balaban J connectivity index is 2.16. The summed E-state index contributed by atoms with van der Waals surface area (Å²) in [5, 5.41) is 4.96. The molecule has 0 radical (unpaired) electrons. The molecule has 0 bridgehead atoms. The summed E-state index contributed by atoms with van der Waals surface area (Å²) in [6.45, 7) is 6.77. The van der Waals surface area contributed by atoms with Crippen LogP contribution >= 0.6 is 0 Å². The molecule has 1 aromatic heterocycles. The summed E-state index contributed by atoms with van der Waals surface area (Å²) in [5.41, 5.74) is 5.73. The zero-order valence-corrected chi connectivity index (χ0v) is 11.6. The highest BCUT2D eigenvalue weighted by atomic mass is 15.0. The van der Waals surface area contributed by atoms with Crippen LogP contribution in [0.4, 0.5) is 0 Å². The predicted octanol–water partition coefficient (Wildman–Crippen LogP) is 3.26. The molecule has 1 aromatic carbocycles. The predicted molar refractivity (Wildman–Crippen MR) is 77.2 cm³/mol. The lowest BCUT2D eigenvalue weighted by Crippen LogP contribution is -2.29. The van der Waals surface area contributed by atoms with Crippen LogP contribution in [0.3, 0.4) is 0 Å². The number of aryl methyl sites for hydroxylation is 3. The van der Waals surface area contributed by atoms with Crippen molar-refractivity contribution in [3.05, 3.63) is 35.0 Å². The van der Waals surface area contributed by atoms with Gasteiger partial charge in [-0.15, -0.1) is 0 Å². The maximum Gasteiger partial charge on any atom is 0.0482 e. The molecule has 2 nitrogen and oxygen atoms in total. The topological polar surface area (TPSA) is 17.0 Å². The second-order valence-electron chi connectivity index (χ2n) is 5.63. The average molecular weight is 242 g/mol. The molecule has 2 aromatic rings. The van der Waals surface area contributed by atoms with Crippen molar-refractivity contribution >= 4 is 10.9 Å². The number of benzene rings is 1. The minimum atomic E-state index is 0.677. The van der Waals surface area contributed by atoms with Gasteiger partial charge < -0.3 is 9.88 Å². The lowest BCUT2D eigenvalue weighted by atomic mass is 9.93. The first-order valence-corrected chi connectivity index (χ1v) is 6.94. The smallest absolute Gasteiger partial charge is 0.0482 e. The zero-order chi connectivity index (χ0) is 12.7. The Morgan fingerprint density at radius 3 is 2.83 bits per heavy atom. The Morgan fingerprint density at radius 2 is 2.11 bits per heavy atom. The number of hydrogen-bond donors (Lipinski definition) is 1. The van der Waals surface area contributed by atoms with Gasteiger partial charge in [0.2, 0.25) is 0 Å². The van der Waals surface area contributed by atoms with E-state index in [9.17, 15) is 0 Å². The highest BCUT2D eigenvalue weighted by Crippen LogP contribution is 2.33. The number of rotatable bonds is 1. The van der Waals surface area contributed by atoms with Gasteiger partial charge in [-0.3, -0.25) is 0 Å². The van der Waals surface area contributed by atoms with E-state index in [2.05, 4.69) is 49.0 Å². The molecule has 1 saturated heterocycles. The van der Waals surface area contributed by atoms with Crippen molar-refractivity contribution in [3.63, 3.8) is 0 Å². The van der Waals surface area contributed by atoms with Crippen molar-refractivity contribution in [1.82, 2.24) is 9.88 Å². The van der Waals surface area contributed by atoms with E-state index in [4.69, 9.17) is 0 Å². The number of nitrogens with one attached hydrogen (secondary N) is 1. The maximum absolute atomic E-state index is 3.53. The molecule has 1 unspecified atom stereocenters. The van der Waals surface area contributed by atoms with Crippen molar-refractivity contribution in [1.29, 1.82) is 0 Å². The summed E-state index contributed by atoms with van der Waals surface area (Å²) < 4.78 is 2.40. The van der Waals surface area contributed by atoms with Crippen LogP contribution in [-0.4, -0.2) is 17.7 Å². The van der Waals surface area contributed by atoms with E-state index in [1.54, 1.807) is 0 Å². The van der Waals surface area contributed by atoms with Crippen molar-refractivity contribution < 1.29 is 0 Å². The van der Waals surface area contributed by atoms with E-state index in [1.165, 1.54) is 47.1 Å². The van der Waals surface area contributed by atoms with Gasteiger partial charge in [0.1, 0.15) is 0 Å². The van der Waals surface area contributed by atoms with E-state index in [-0.39, 0.29) is 0 Å². The molecule has 0 saturated carbocycles. The Morgan fingerprint density at radius 1 is 1.28 bits per heavy atom. The first-order chi connectivity index (χ1) is 8.68. The van der Waals surface area contributed by atoms with Gasteiger partial charge in [0.25, 0.3) is 0 Å². The Labute approximate surface area is 109 Å². The van der Waals surface area contributed by atoms with Crippen LogP contribution in [0.5, 0.6) is 0 Å². The molecule has 3 rings (SSSR count). The van der Waals surface area contributed by atoms with E-state index in [1.807, 2.05) is 0 Å². The fourth-order valence-corrected chi connectivity index (χ4v) is 3.43. The molecule has 0 spiro atoms. The third-order valence-electron chi connectivity index (χ3n) is 4.35. The molecule has 2 heteroatoms. The summed E-state index contributed by atoms with van der Waals surface area (Å²) in [6, 6.07) is 6.80. The quantitative estimate of drug-likeness (QED) is 0.812. The van der Waals surface area contributed by atoms with Gasteiger partial charge in [-0.25, -0.2) is 0 Å². The van der Waals surface area contributed by atoms with Crippen LogP contribution in [0.2, 0.25) is 0 Å². The van der Waals surface area contributed by atoms with Crippen LogP contribution in [0, 0.1) is 13.8 Å². The van der Waals surface area contributed by atoms with Gasteiger partial charge >= 0.3 is 0 Å². The van der Waals surface area contributed by atoms with Crippen molar-refractivity contribution in [3.8, 4) is 0 Å². The number of piperidine rings is 1. The molecule has 18 heavy (non-hydrogen) atoms. The molecular formula is C16H22N2. The minimum absolute atomic E-state index is 0.677. The van der Waals surface area contributed by atoms with Crippen LogP contribution in [0.25, 0.3) is 10.9 Å². The third-order valence-corrected chi connectivity index (χ3v) is 4.35. The Hall–Kier alpha value is -1.28. The van der Waals surface area contributed by atoms with Crippen LogP contribution in [-0.2, 0) is 7.05 Å².